The van der Waals surface area contributed by atoms with Crippen molar-refractivity contribution in [3.05, 3.63) is 89.1 Å². The number of hydrogen-bond donors (Lipinski definition) is 0. The first-order chi connectivity index (χ1) is 16.4. The van der Waals surface area contributed by atoms with Crippen molar-refractivity contribution in [1.82, 2.24) is 9.88 Å². The van der Waals surface area contributed by atoms with Crippen LogP contribution in [-0.2, 0) is 18.7 Å². The summed E-state index contributed by atoms with van der Waals surface area (Å²) in [6.07, 6.45) is 2.75. The molecule has 5 rings (SSSR count). The average molecular weight is 481 g/mol. The summed E-state index contributed by atoms with van der Waals surface area (Å²) in [4.78, 5) is 8.23. The highest BCUT2D eigenvalue weighted by atomic mass is 32.2. The molecule has 6 heteroatoms. The first-order valence-corrected chi connectivity index (χ1v) is 12.9. The smallest absolute Gasteiger partial charge is 0.248 e. The number of alkyl halides is 2. The first-order valence-electron chi connectivity index (χ1n) is 11.9. The number of benzene rings is 2. The van der Waals surface area contributed by atoms with E-state index in [0.29, 0.717) is 12.5 Å². The molecule has 1 aromatic heterocycles. The van der Waals surface area contributed by atoms with Crippen LogP contribution in [-0.4, -0.2) is 29.0 Å². The van der Waals surface area contributed by atoms with Crippen LogP contribution in [0.4, 0.5) is 8.78 Å². The number of hydrogen-bond acceptors (Lipinski definition) is 4. The highest BCUT2D eigenvalue weighted by Gasteiger charge is 2.45. The van der Waals surface area contributed by atoms with Crippen molar-refractivity contribution in [2.24, 2.45) is 5.92 Å². The second-order valence-electron chi connectivity index (χ2n) is 9.47. The van der Waals surface area contributed by atoms with Gasteiger partial charge in [0.15, 0.2) is 0 Å². The van der Waals surface area contributed by atoms with Crippen LogP contribution in [0, 0.1) is 5.92 Å². The van der Waals surface area contributed by atoms with Crippen LogP contribution in [0.25, 0.3) is 0 Å². The molecular formula is C28H30F2N2OS. The number of ether oxygens (including phenoxy) is 1. The zero-order valence-electron chi connectivity index (χ0n) is 19.4. The molecule has 1 saturated carbocycles. The van der Waals surface area contributed by atoms with Gasteiger partial charge in [0.1, 0.15) is 0 Å². The Labute approximate surface area is 204 Å². The topological polar surface area (TPSA) is 25.4 Å². The Bertz CT molecular complexity index is 1100. The fourth-order valence-electron chi connectivity index (χ4n) is 4.76. The van der Waals surface area contributed by atoms with E-state index in [2.05, 4.69) is 65.3 Å². The first kappa shape index (κ1) is 23.3. The molecular weight excluding hydrogens is 450 g/mol. The average Bonchev–Trinajstić information content (AvgIpc) is 2.85. The Morgan fingerprint density at radius 2 is 1.91 bits per heavy atom. The Kier molecular flexibility index (Phi) is 6.89. The lowest BCUT2D eigenvalue weighted by molar-refractivity contribution is -0.119. The van der Waals surface area contributed by atoms with Gasteiger partial charge in [-0.1, -0.05) is 42.5 Å². The highest BCUT2D eigenvalue weighted by molar-refractivity contribution is 7.98. The molecule has 0 spiro atoms. The van der Waals surface area contributed by atoms with Gasteiger partial charge in [-0.15, -0.1) is 11.8 Å². The van der Waals surface area contributed by atoms with E-state index < -0.39 is 5.92 Å². The number of aromatic nitrogens is 1. The highest BCUT2D eigenvalue weighted by Crippen LogP contribution is 2.42. The van der Waals surface area contributed by atoms with E-state index in [4.69, 9.17) is 4.74 Å². The molecule has 34 heavy (non-hydrogen) atoms. The Hall–Kier alpha value is -2.44. The molecule has 0 amide bonds. The molecule has 3 aromatic rings. The van der Waals surface area contributed by atoms with Gasteiger partial charge >= 0.3 is 0 Å². The molecule has 3 nitrogen and oxygen atoms in total. The van der Waals surface area contributed by atoms with Crippen LogP contribution in [0.15, 0.2) is 71.8 Å². The maximum Gasteiger partial charge on any atom is 0.248 e. The lowest BCUT2D eigenvalue weighted by Crippen LogP contribution is -2.38. The minimum Gasteiger partial charge on any atom is -0.477 e. The van der Waals surface area contributed by atoms with Gasteiger partial charge in [0, 0.05) is 60.8 Å². The van der Waals surface area contributed by atoms with Gasteiger partial charge in [-0.25, -0.2) is 13.8 Å². The van der Waals surface area contributed by atoms with E-state index in [1.807, 2.05) is 30.1 Å². The minimum absolute atomic E-state index is 0.0698. The van der Waals surface area contributed by atoms with E-state index in [-0.39, 0.29) is 24.8 Å². The molecule has 2 heterocycles. The van der Waals surface area contributed by atoms with E-state index in [1.165, 1.54) is 21.6 Å². The lowest BCUT2D eigenvalue weighted by atomic mass is 9.82. The summed E-state index contributed by atoms with van der Waals surface area (Å²) in [6, 6.07) is 21.6. The Balaban J connectivity index is 1.17. The van der Waals surface area contributed by atoms with Crippen LogP contribution >= 0.6 is 11.8 Å². The van der Waals surface area contributed by atoms with E-state index in [1.54, 1.807) is 0 Å². The number of rotatable bonds is 8. The van der Waals surface area contributed by atoms with Crippen molar-refractivity contribution in [3.63, 3.8) is 0 Å². The van der Waals surface area contributed by atoms with E-state index in [0.717, 1.165) is 30.8 Å². The molecule has 2 aromatic carbocycles. The van der Waals surface area contributed by atoms with E-state index >= 15 is 0 Å². The van der Waals surface area contributed by atoms with Crippen LogP contribution in [0.3, 0.4) is 0 Å². The predicted molar refractivity (Wildman–Crippen MR) is 132 cm³/mol. The molecule has 1 fully saturated rings. The molecule has 0 unspecified atom stereocenters. The molecule has 0 N–H and O–H groups in total. The van der Waals surface area contributed by atoms with Gasteiger partial charge in [-0.3, -0.25) is 4.90 Å². The largest absolute Gasteiger partial charge is 0.477 e. The monoisotopic (exact) mass is 480 g/mol. The number of nitrogens with zero attached hydrogens (tertiary/aromatic N) is 2. The minimum atomic E-state index is -2.50. The van der Waals surface area contributed by atoms with E-state index in [9.17, 15) is 8.78 Å². The predicted octanol–water partition coefficient (Wildman–Crippen LogP) is 6.92. The summed E-state index contributed by atoms with van der Waals surface area (Å²) in [6.45, 7) is 4.46. The third-order valence-corrected chi connectivity index (χ3v) is 7.96. The molecule has 1 aliphatic heterocycles. The van der Waals surface area contributed by atoms with Gasteiger partial charge in [0.05, 0.1) is 6.61 Å². The van der Waals surface area contributed by atoms with Crippen LogP contribution in [0.2, 0.25) is 0 Å². The molecule has 0 radical (unpaired) electrons. The molecule has 178 valence electrons. The number of halogens is 2. The van der Waals surface area contributed by atoms with Gasteiger partial charge < -0.3 is 4.74 Å². The summed E-state index contributed by atoms with van der Waals surface area (Å²) >= 11 is 1.88. The Morgan fingerprint density at radius 3 is 2.65 bits per heavy atom. The van der Waals surface area contributed by atoms with Crippen molar-refractivity contribution in [1.29, 1.82) is 0 Å². The molecule has 0 bridgehead atoms. The second-order valence-corrected chi connectivity index (χ2v) is 10.5. The SMILES string of the molecule is C[C@H](c1ccc(OCC2CC(F)(F)C2)nc1)N1CCc2ccc(SCc3ccccc3)cc2C1. The van der Waals surface area contributed by atoms with Gasteiger partial charge in [0.25, 0.3) is 0 Å². The van der Waals surface area contributed by atoms with Crippen LogP contribution in [0.1, 0.15) is 48.1 Å². The van der Waals surface area contributed by atoms with Gasteiger partial charge in [0.2, 0.25) is 11.8 Å². The number of thioether (sulfide) groups is 1. The summed E-state index contributed by atoms with van der Waals surface area (Å²) in [5, 5.41) is 0. The molecule has 1 atom stereocenters. The van der Waals surface area contributed by atoms with Gasteiger partial charge in [-0.05, 0) is 47.7 Å². The third-order valence-electron chi connectivity index (χ3n) is 6.90. The summed E-state index contributed by atoms with van der Waals surface area (Å²) in [5.74, 6) is -1.09. The third kappa shape index (κ3) is 5.61. The zero-order valence-corrected chi connectivity index (χ0v) is 20.2. The number of pyridine rings is 1. The maximum absolute atomic E-state index is 13.0. The van der Waals surface area contributed by atoms with Crippen LogP contribution in [0.5, 0.6) is 5.88 Å². The fraction of sp³-hybridized carbons (Fsp3) is 0.393. The maximum atomic E-state index is 13.0. The summed E-state index contributed by atoms with van der Waals surface area (Å²) in [5.41, 5.74) is 5.32. The van der Waals surface area contributed by atoms with Crippen molar-refractivity contribution < 1.29 is 13.5 Å². The molecule has 0 saturated heterocycles. The van der Waals surface area contributed by atoms with Crippen molar-refractivity contribution >= 4 is 11.8 Å². The van der Waals surface area contributed by atoms with Crippen molar-refractivity contribution in [2.75, 3.05) is 13.2 Å². The van der Waals surface area contributed by atoms with Gasteiger partial charge in [-0.2, -0.15) is 0 Å². The molecule has 1 aliphatic carbocycles. The number of fused-ring (bicyclic) bond motifs is 1. The summed E-state index contributed by atoms with van der Waals surface area (Å²) < 4.78 is 31.6. The second kappa shape index (κ2) is 10.0. The molecule has 2 aliphatic rings. The quantitative estimate of drug-likeness (QED) is 0.327. The normalized spacial score (nSPS) is 18.7. The standard InChI is InChI=1S/C28H30F2N2OS/c1-20(24-8-10-27(31-16-24)33-18-22-14-28(29,30)15-22)32-12-11-23-7-9-26(13-25(23)17-32)34-19-21-5-3-2-4-6-21/h2-10,13,16,20,22H,11-12,14-15,17-19H2,1H3/t20-/m1/s1. The summed E-state index contributed by atoms with van der Waals surface area (Å²) in [7, 11) is 0. The lowest BCUT2D eigenvalue weighted by Gasteiger charge is -2.34. The fourth-order valence-corrected chi connectivity index (χ4v) is 5.67. The Morgan fingerprint density at radius 1 is 1.09 bits per heavy atom. The zero-order chi connectivity index (χ0) is 23.5. The van der Waals surface area contributed by atoms with Crippen LogP contribution < -0.4 is 4.74 Å². The van der Waals surface area contributed by atoms with Crippen molar-refractivity contribution in [3.8, 4) is 5.88 Å². The van der Waals surface area contributed by atoms with Crippen molar-refractivity contribution in [2.45, 2.75) is 55.3 Å².